The van der Waals surface area contributed by atoms with Gasteiger partial charge < -0.3 is 10.4 Å². The molecule has 0 radical (unpaired) electrons. The fourth-order valence-electron chi connectivity index (χ4n) is 0.684. The Morgan fingerprint density at radius 2 is 2.09 bits per heavy atom. The fourth-order valence-corrected chi connectivity index (χ4v) is 0.684. The smallest absolute Gasteiger partial charge is 0.250 e. The average Bonchev–Trinajstić information content (AvgIpc) is 1.97. The van der Waals surface area contributed by atoms with E-state index < -0.39 is 6.43 Å². The van der Waals surface area contributed by atoms with E-state index in [1.165, 1.54) is 0 Å². The van der Waals surface area contributed by atoms with E-state index >= 15 is 0 Å². The second-order valence-corrected chi connectivity index (χ2v) is 2.45. The summed E-state index contributed by atoms with van der Waals surface area (Å²) in [7, 11) is 0. The highest BCUT2D eigenvalue weighted by atomic mass is 19.3. The molecule has 0 aliphatic carbocycles. The molecule has 68 valence electrons. The zero-order valence-corrected chi connectivity index (χ0v) is 6.69. The van der Waals surface area contributed by atoms with E-state index in [0.717, 1.165) is 0 Å². The lowest BCUT2D eigenvalue weighted by molar-refractivity contribution is 0.135. The number of hydrogen-bond donors (Lipinski definition) is 2. The van der Waals surface area contributed by atoms with Crippen LogP contribution in [0.1, 0.15) is 19.8 Å². The molecule has 0 amide bonds. The Morgan fingerprint density at radius 3 is 2.55 bits per heavy atom. The molecular weight excluding hydrogens is 152 g/mol. The van der Waals surface area contributed by atoms with Crippen LogP contribution in [0.15, 0.2) is 0 Å². The van der Waals surface area contributed by atoms with Crippen molar-refractivity contribution in [1.29, 1.82) is 0 Å². The van der Waals surface area contributed by atoms with Crippen LogP contribution in [0.3, 0.4) is 0 Å². The first-order valence-electron chi connectivity index (χ1n) is 3.83. The van der Waals surface area contributed by atoms with Crippen LogP contribution in [0.2, 0.25) is 0 Å². The molecule has 0 saturated carbocycles. The van der Waals surface area contributed by atoms with Crippen LogP contribution in [0, 0.1) is 0 Å². The third kappa shape index (κ3) is 7.68. The van der Waals surface area contributed by atoms with Gasteiger partial charge in [-0.15, -0.1) is 0 Å². The number of nitrogens with one attached hydrogen (secondary N) is 1. The summed E-state index contributed by atoms with van der Waals surface area (Å²) >= 11 is 0. The molecule has 0 aliphatic heterocycles. The summed E-state index contributed by atoms with van der Waals surface area (Å²) in [5.74, 6) is 0. The summed E-state index contributed by atoms with van der Waals surface area (Å²) in [6, 6.07) is 0. The van der Waals surface area contributed by atoms with E-state index in [-0.39, 0.29) is 12.6 Å². The van der Waals surface area contributed by atoms with Gasteiger partial charge in [0.15, 0.2) is 0 Å². The van der Waals surface area contributed by atoms with E-state index in [2.05, 4.69) is 5.32 Å². The van der Waals surface area contributed by atoms with Crippen LogP contribution in [-0.4, -0.2) is 30.7 Å². The highest BCUT2D eigenvalue weighted by Gasteiger charge is 2.02. The van der Waals surface area contributed by atoms with E-state index in [4.69, 9.17) is 5.11 Å². The summed E-state index contributed by atoms with van der Waals surface area (Å²) in [6.45, 7) is 2.04. The Kier molecular flexibility index (Phi) is 6.36. The van der Waals surface area contributed by atoms with Gasteiger partial charge in [0.25, 0.3) is 6.43 Å². The molecule has 1 unspecified atom stereocenters. The quantitative estimate of drug-likeness (QED) is 0.578. The van der Waals surface area contributed by atoms with Crippen molar-refractivity contribution in [1.82, 2.24) is 5.32 Å². The maximum atomic E-state index is 11.5. The molecular formula is C7H15F2NO. The van der Waals surface area contributed by atoms with E-state index in [1.807, 2.05) is 6.92 Å². The molecule has 2 nitrogen and oxygen atoms in total. The van der Waals surface area contributed by atoms with Crippen LogP contribution >= 0.6 is 0 Å². The van der Waals surface area contributed by atoms with Crippen LogP contribution in [-0.2, 0) is 0 Å². The molecule has 0 spiro atoms. The number of rotatable bonds is 6. The summed E-state index contributed by atoms with van der Waals surface area (Å²) in [5.41, 5.74) is 0. The number of aliphatic hydroxyl groups excluding tert-OH is 1. The predicted octanol–water partition coefficient (Wildman–Crippen LogP) is 1.00. The number of alkyl halides is 2. The third-order valence-electron chi connectivity index (χ3n) is 1.42. The van der Waals surface area contributed by atoms with Gasteiger partial charge in [-0.05, 0) is 19.4 Å². The van der Waals surface area contributed by atoms with E-state index in [0.29, 0.717) is 19.4 Å². The van der Waals surface area contributed by atoms with E-state index in [9.17, 15) is 8.78 Å². The molecule has 0 fully saturated rings. The average molecular weight is 167 g/mol. The first-order chi connectivity index (χ1) is 5.16. The Balaban J connectivity index is 3.01. The van der Waals surface area contributed by atoms with Crippen LogP contribution in [0.4, 0.5) is 8.78 Å². The molecule has 0 bridgehead atoms. The van der Waals surface area contributed by atoms with Gasteiger partial charge in [-0.2, -0.15) is 0 Å². The largest absolute Gasteiger partial charge is 0.393 e. The SMILES string of the molecule is CCC(O)CCNCC(F)F. The standard InChI is InChI=1S/C7H15F2NO/c1-2-6(11)3-4-10-5-7(8)9/h6-7,10-11H,2-5H2,1H3. The number of aliphatic hydroxyl groups is 1. The molecule has 4 heteroatoms. The normalized spacial score (nSPS) is 13.9. The molecule has 0 aromatic carbocycles. The first kappa shape index (κ1) is 10.8. The molecule has 0 rings (SSSR count). The lowest BCUT2D eigenvalue weighted by atomic mass is 10.2. The second kappa shape index (κ2) is 6.49. The van der Waals surface area contributed by atoms with Crippen LogP contribution in [0.5, 0.6) is 0 Å². The second-order valence-electron chi connectivity index (χ2n) is 2.45. The van der Waals surface area contributed by atoms with Gasteiger partial charge in [-0.1, -0.05) is 6.92 Å². The summed E-state index contributed by atoms with van der Waals surface area (Å²) in [5, 5.41) is 11.5. The van der Waals surface area contributed by atoms with Gasteiger partial charge in [0.1, 0.15) is 0 Å². The van der Waals surface area contributed by atoms with Gasteiger partial charge >= 0.3 is 0 Å². The monoisotopic (exact) mass is 167 g/mol. The summed E-state index contributed by atoms with van der Waals surface area (Å²) in [6.07, 6.45) is -1.44. The Hall–Kier alpha value is -0.220. The molecule has 2 N–H and O–H groups in total. The Labute approximate surface area is 65.6 Å². The topological polar surface area (TPSA) is 32.3 Å². The van der Waals surface area contributed by atoms with Gasteiger partial charge in [0.2, 0.25) is 0 Å². The summed E-state index contributed by atoms with van der Waals surface area (Å²) < 4.78 is 23.0. The molecule has 11 heavy (non-hydrogen) atoms. The number of halogens is 2. The third-order valence-corrected chi connectivity index (χ3v) is 1.42. The van der Waals surface area contributed by atoms with Crippen molar-refractivity contribution in [3.63, 3.8) is 0 Å². The molecule has 1 atom stereocenters. The zero-order chi connectivity index (χ0) is 8.69. The van der Waals surface area contributed by atoms with Crippen LogP contribution in [0.25, 0.3) is 0 Å². The Morgan fingerprint density at radius 1 is 1.45 bits per heavy atom. The molecule has 0 saturated heterocycles. The van der Waals surface area contributed by atoms with Gasteiger partial charge in [0, 0.05) is 0 Å². The van der Waals surface area contributed by atoms with Crippen molar-refractivity contribution in [2.24, 2.45) is 0 Å². The predicted molar refractivity (Wildman–Crippen MR) is 39.8 cm³/mol. The maximum absolute atomic E-state index is 11.5. The minimum absolute atomic E-state index is 0.281. The molecule has 0 aliphatic rings. The molecule has 0 aromatic heterocycles. The van der Waals surface area contributed by atoms with Gasteiger partial charge in [0.05, 0.1) is 12.6 Å². The minimum atomic E-state index is -2.30. The summed E-state index contributed by atoms with van der Waals surface area (Å²) in [4.78, 5) is 0. The highest BCUT2D eigenvalue weighted by Crippen LogP contribution is 1.94. The van der Waals surface area contributed by atoms with Crippen molar-refractivity contribution in [3.8, 4) is 0 Å². The van der Waals surface area contributed by atoms with Crippen molar-refractivity contribution < 1.29 is 13.9 Å². The molecule has 0 aromatic rings. The highest BCUT2D eigenvalue weighted by molar-refractivity contribution is 4.55. The molecule has 0 heterocycles. The van der Waals surface area contributed by atoms with Crippen molar-refractivity contribution in [2.45, 2.75) is 32.3 Å². The number of hydrogen-bond acceptors (Lipinski definition) is 2. The van der Waals surface area contributed by atoms with Crippen molar-refractivity contribution >= 4 is 0 Å². The van der Waals surface area contributed by atoms with E-state index in [1.54, 1.807) is 0 Å². The maximum Gasteiger partial charge on any atom is 0.250 e. The van der Waals surface area contributed by atoms with Crippen LogP contribution < -0.4 is 5.32 Å². The van der Waals surface area contributed by atoms with Gasteiger partial charge in [-0.3, -0.25) is 0 Å². The van der Waals surface area contributed by atoms with Crippen molar-refractivity contribution in [2.75, 3.05) is 13.1 Å². The zero-order valence-electron chi connectivity index (χ0n) is 6.69. The van der Waals surface area contributed by atoms with Crippen molar-refractivity contribution in [3.05, 3.63) is 0 Å². The van der Waals surface area contributed by atoms with Gasteiger partial charge in [-0.25, -0.2) is 8.78 Å². The first-order valence-corrected chi connectivity index (χ1v) is 3.83. The lowest BCUT2D eigenvalue weighted by Gasteiger charge is -2.07. The Bertz CT molecular complexity index is 90.5. The fraction of sp³-hybridized carbons (Fsp3) is 1.00. The minimum Gasteiger partial charge on any atom is -0.393 e. The lowest BCUT2D eigenvalue weighted by Crippen LogP contribution is -2.25.